The molecular weight excluding hydrogens is 295 g/mol. The number of rotatable bonds is 1. The summed E-state index contributed by atoms with van der Waals surface area (Å²) in [5.74, 6) is 0.333. The molecule has 3 N–H and O–H groups in total. The van der Waals surface area contributed by atoms with Crippen LogP contribution in [0.15, 0.2) is 23.2 Å². The number of piperidine rings is 1. The Balaban J connectivity index is 1.91. The molecule has 4 nitrogen and oxygen atoms in total. The largest absolute Gasteiger partial charge is 0.416 e. The highest BCUT2D eigenvalue weighted by molar-refractivity contribution is 6.01. The van der Waals surface area contributed by atoms with Crippen molar-refractivity contribution in [3.05, 3.63) is 34.9 Å². The summed E-state index contributed by atoms with van der Waals surface area (Å²) in [6.45, 7) is 2.92. The Morgan fingerprint density at radius 3 is 2.59 bits per heavy atom. The molecule has 1 aromatic rings. The normalized spacial score (nSPS) is 24.2. The average Bonchev–Trinajstić information content (AvgIpc) is 2.76. The zero-order chi connectivity index (χ0) is 16.0. The van der Waals surface area contributed by atoms with Gasteiger partial charge < -0.3 is 15.7 Å². The Morgan fingerprint density at radius 1 is 1.27 bits per heavy atom. The van der Waals surface area contributed by atoms with Crippen molar-refractivity contribution in [1.82, 2.24) is 10.6 Å². The van der Waals surface area contributed by atoms with Crippen LogP contribution in [0.4, 0.5) is 13.2 Å². The lowest BCUT2D eigenvalue weighted by atomic mass is 9.87. The molecule has 120 valence electrons. The Morgan fingerprint density at radius 2 is 1.95 bits per heavy atom. The second kappa shape index (κ2) is 5.24. The first kappa shape index (κ1) is 15.3. The van der Waals surface area contributed by atoms with E-state index in [-0.39, 0.29) is 5.56 Å². The van der Waals surface area contributed by atoms with E-state index in [4.69, 9.17) is 0 Å². The van der Waals surface area contributed by atoms with Crippen molar-refractivity contribution < 1.29 is 18.3 Å². The van der Waals surface area contributed by atoms with Crippen LogP contribution in [0.5, 0.6) is 0 Å². The third-order valence-corrected chi connectivity index (χ3v) is 4.43. The van der Waals surface area contributed by atoms with E-state index in [1.807, 2.05) is 0 Å². The summed E-state index contributed by atoms with van der Waals surface area (Å²) in [6.07, 6.45) is -3.97. The van der Waals surface area contributed by atoms with Gasteiger partial charge in [0.15, 0.2) is 6.23 Å². The van der Waals surface area contributed by atoms with E-state index in [1.165, 1.54) is 13.0 Å². The second-order valence-corrected chi connectivity index (χ2v) is 5.91. The standard InChI is InChI=1S/C15H18F3N3O/c1-9-2-3-10(8-11(9)15(16,17)18)12-20-13(22)14(21-12)4-6-19-7-5-14/h2-3,8,13,19,22H,4-7H2,1H3,(H,20,21). The molecular formula is C15H18F3N3O. The van der Waals surface area contributed by atoms with Crippen LogP contribution in [0.25, 0.3) is 0 Å². The molecule has 1 aromatic carbocycles. The fourth-order valence-corrected chi connectivity index (χ4v) is 3.06. The maximum absolute atomic E-state index is 13.0. The fourth-order valence-electron chi connectivity index (χ4n) is 3.06. The van der Waals surface area contributed by atoms with Gasteiger partial charge in [0.25, 0.3) is 0 Å². The molecule has 0 aliphatic carbocycles. The second-order valence-electron chi connectivity index (χ2n) is 5.91. The average molecular weight is 313 g/mol. The van der Waals surface area contributed by atoms with Crippen LogP contribution >= 0.6 is 0 Å². The van der Waals surface area contributed by atoms with Gasteiger partial charge in [-0.25, -0.2) is 4.99 Å². The van der Waals surface area contributed by atoms with E-state index >= 15 is 0 Å². The molecule has 2 aliphatic rings. The highest BCUT2D eigenvalue weighted by Gasteiger charge is 2.44. The molecule has 2 aliphatic heterocycles. The first-order chi connectivity index (χ1) is 10.3. The van der Waals surface area contributed by atoms with Crippen LogP contribution in [0.2, 0.25) is 0 Å². The van der Waals surface area contributed by atoms with Gasteiger partial charge in [0, 0.05) is 5.56 Å². The minimum atomic E-state index is -4.40. The number of benzene rings is 1. The molecule has 0 aromatic heterocycles. The monoisotopic (exact) mass is 313 g/mol. The van der Waals surface area contributed by atoms with Crippen LogP contribution in [-0.2, 0) is 6.18 Å². The van der Waals surface area contributed by atoms with Crippen LogP contribution < -0.4 is 10.6 Å². The molecule has 0 saturated carbocycles. The molecule has 22 heavy (non-hydrogen) atoms. The highest BCUT2D eigenvalue weighted by Crippen LogP contribution is 2.34. The van der Waals surface area contributed by atoms with Gasteiger partial charge in [0.05, 0.1) is 11.1 Å². The van der Waals surface area contributed by atoms with Gasteiger partial charge in [0.1, 0.15) is 5.84 Å². The summed E-state index contributed by atoms with van der Waals surface area (Å²) in [5, 5.41) is 16.6. The van der Waals surface area contributed by atoms with Crippen LogP contribution in [-0.4, -0.2) is 35.8 Å². The maximum atomic E-state index is 13.0. The van der Waals surface area contributed by atoms with E-state index in [9.17, 15) is 18.3 Å². The number of aryl methyl sites for hydroxylation is 1. The van der Waals surface area contributed by atoms with Crippen LogP contribution in [0, 0.1) is 6.92 Å². The minimum absolute atomic E-state index is 0.173. The summed E-state index contributed by atoms with van der Waals surface area (Å²) in [7, 11) is 0. The fraction of sp³-hybridized carbons (Fsp3) is 0.533. The number of aliphatic imine (C=N–C) groups is 1. The van der Waals surface area contributed by atoms with Crippen molar-refractivity contribution in [2.24, 2.45) is 4.99 Å². The number of nitrogens with zero attached hydrogens (tertiary/aromatic N) is 1. The molecule has 1 saturated heterocycles. The third kappa shape index (κ3) is 2.59. The van der Waals surface area contributed by atoms with Crippen molar-refractivity contribution in [3.63, 3.8) is 0 Å². The SMILES string of the molecule is Cc1ccc(C2=NC(O)C3(CCNCC3)N2)cc1C(F)(F)F. The summed E-state index contributed by atoms with van der Waals surface area (Å²) in [5.41, 5.74) is -0.709. The van der Waals surface area contributed by atoms with E-state index in [0.717, 1.165) is 19.2 Å². The van der Waals surface area contributed by atoms with E-state index in [1.54, 1.807) is 6.07 Å². The smallest absolute Gasteiger partial charge is 0.369 e. The first-order valence-corrected chi connectivity index (χ1v) is 7.25. The van der Waals surface area contributed by atoms with E-state index in [2.05, 4.69) is 15.6 Å². The molecule has 0 amide bonds. The van der Waals surface area contributed by atoms with Gasteiger partial charge in [-0.3, -0.25) is 0 Å². The quantitative estimate of drug-likeness (QED) is 0.741. The maximum Gasteiger partial charge on any atom is 0.416 e. The summed E-state index contributed by atoms with van der Waals surface area (Å²) in [6, 6.07) is 4.12. The summed E-state index contributed by atoms with van der Waals surface area (Å²) < 4.78 is 39.1. The van der Waals surface area contributed by atoms with Crippen molar-refractivity contribution in [1.29, 1.82) is 0 Å². The van der Waals surface area contributed by atoms with Gasteiger partial charge in [-0.05, 0) is 44.5 Å². The third-order valence-electron chi connectivity index (χ3n) is 4.43. The molecule has 0 radical (unpaired) electrons. The number of aliphatic hydroxyl groups is 1. The van der Waals surface area contributed by atoms with Gasteiger partial charge >= 0.3 is 6.18 Å². The molecule has 1 unspecified atom stereocenters. The van der Waals surface area contributed by atoms with Crippen molar-refractivity contribution >= 4 is 5.84 Å². The number of halogens is 3. The Hall–Kier alpha value is -1.60. The van der Waals surface area contributed by atoms with Crippen LogP contribution in [0.1, 0.15) is 29.5 Å². The first-order valence-electron chi connectivity index (χ1n) is 7.25. The molecule has 3 rings (SSSR count). The number of aliphatic hydroxyl groups excluding tert-OH is 1. The number of alkyl halides is 3. The predicted molar refractivity (Wildman–Crippen MR) is 76.7 cm³/mol. The van der Waals surface area contributed by atoms with Gasteiger partial charge in [-0.15, -0.1) is 0 Å². The molecule has 2 heterocycles. The summed E-state index contributed by atoms with van der Waals surface area (Å²) >= 11 is 0. The molecule has 0 bridgehead atoms. The minimum Gasteiger partial charge on any atom is -0.369 e. The van der Waals surface area contributed by atoms with Crippen molar-refractivity contribution in [2.45, 2.75) is 37.7 Å². The lowest BCUT2D eigenvalue weighted by Gasteiger charge is -2.36. The van der Waals surface area contributed by atoms with Gasteiger partial charge in [-0.1, -0.05) is 12.1 Å². The Bertz CT molecular complexity index is 607. The predicted octanol–water partition coefficient (Wildman–Crippen LogP) is 1.80. The van der Waals surface area contributed by atoms with E-state index in [0.29, 0.717) is 24.2 Å². The highest BCUT2D eigenvalue weighted by atomic mass is 19.4. The lowest BCUT2D eigenvalue weighted by Crippen LogP contribution is -2.56. The molecule has 1 spiro atoms. The lowest BCUT2D eigenvalue weighted by molar-refractivity contribution is -0.138. The molecule has 7 heteroatoms. The molecule has 1 atom stereocenters. The zero-order valence-electron chi connectivity index (χ0n) is 12.2. The number of hydrogen-bond donors (Lipinski definition) is 3. The van der Waals surface area contributed by atoms with Crippen molar-refractivity contribution in [3.8, 4) is 0 Å². The van der Waals surface area contributed by atoms with Crippen LogP contribution in [0.3, 0.4) is 0 Å². The topological polar surface area (TPSA) is 56.7 Å². The van der Waals surface area contributed by atoms with Crippen molar-refractivity contribution in [2.75, 3.05) is 13.1 Å². The Labute approximate surface area is 126 Å². The van der Waals surface area contributed by atoms with Gasteiger partial charge in [-0.2, -0.15) is 13.2 Å². The zero-order valence-corrected chi connectivity index (χ0v) is 12.2. The summed E-state index contributed by atoms with van der Waals surface area (Å²) in [4.78, 5) is 4.15. The number of nitrogens with one attached hydrogen (secondary N) is 2. The molecule has 1 fully saturated rings. The van der Waals surface area contributed by atoms with E-state index < -0.39 is 23.5 Å². The van der Waals surface area contributed by atoms with Gasteiger partial charge in [0.2, 0.25) is 0 Å². The number of amidine groups is 1. The Kier molecular flexibility index (Phi) is 3.65. The number of hydrogen-bond acceptors (Lipinski definition) is 4.